The van der Waals surface area contributed by atoms with Crippen molar-refractivity contribution >= 4 is 5.91 Å². The third kappa shape index (κ3) is 2.38. The summed E-state index contributed by atoms with van der Waals surface area (Å²) < 4.78 is 0. The molecule has 2 heterocycles. The molecule has 2 saturated heterocycles. The first-order valence-electron chi connectivity index (χ1n) is 6.96. The van der Waals surface area contributed by atoms with Crippen LogP contribution in [0, 0.1) is 0 Å². The molecule has 2 fully saturated rings. The maximum Gasteiger partial charge on any atom is 0.249 e. The van der Waals surface area contributed by atoms with Crippen LogP contribution in [-0.2, 0) is 6.54 Å². The highest BCUT2D eigenvalue weighted by atomic mass is 16.3. The number of piperidine rings is 1. The third-order valence-corrected chi connectivity index (χ3v) is 4.50. The van der Waals surface area contributed by atoms with E-state index in [0.717, 1.165) is 37.8 Å². The van der Waals surface area contributed by atoms with Gasteiger partial charge in [-0.25, -0.2) is 0 Å². The van der Waals surface area contributed by atoms with E-state index in [2.05, 4.69) is 4.90 Å². The zero-order valence-corrected chi connectivity index (χ0v) is 11.0. The zero-order valence-electron chi connectivity index (χ0n) is 11.0. The van der Waals surface area contributed by atoms with Crippen molar-refractivity contribution in [2.45, 2.75) is 50.4 Å². The first kappa shape index (κ1) is 12.6. The Morgan fingerprint density at radius 1 is 1.26 bits per heavy atom. The minimum absolute atomic E-state index is 0.153. The Morgan fingerprint density at radius 3 is 2.53 bits per heavy atom. The molecule has 2 aliphatic heterocycles. The number of aliphatic hydroxyl groups excluding tert-OH is 1. The van der Waals surface area contributed by atoms with E-state index in [-0.39, 0.29) is 12.0 Å². The number of carbonyl (C=O) groups excluding carboxylic acids is 1. The van der Waals surface area contributed by atoms with E-state index in [1.807, 2.05) is 18.2 Å². The number of nitrogens with two attached hydrogens (primary N) is 1. The van der Waals surface area contributed by atoms with Gasteiger partial charge in [-0.1, -0.05) is 18.2 Å². The van der Waals surface area contributed by atoms with Gasteiger partial charge >= 0.3 is 0 Å². The van der Waals surface area contributed by atoms with Crippen molar-refractivity contribution < 1.29 is 9.90 Å². The van der Waals surface area contributed by atoms with Crippen LogP contribution in [0.4, 0.5) is 0 Å². The highest BCUT2D eigenvalue weighted by molar-refractivity contribution is 5.94. The number of benzene rings is 1. The average Bonchev–Trinajstić information content (AvgIpc) is 2.62. The van der Waals surface area contributed by atoms with Crippen LogP contribution in [0.25, 0.3) is 0 Å². The molecule has 0 spiro atoms. The molecule has 0 aliphatic carbocycles. The molecule has 4 heteroatoms. The van der Waals surface area contributed by atoms with Gasteiger partial charge in [0.2, 0.25) is 5.91 Å². The molecule has 1 aromatic rings. The van der Waals surface area contributed by atoms with E-state index in [0.29, 0.717) is 17.6 Å². The van der Waals surface area contributed by atoms with E-state index in [9.17, 15) is 9.90 Å². The second kappa shape index (κ2) is 4.94. The first-order valence-corrected chi connectivity index (χ1v) is 6.96. The number of carbonyl (C=O) groups is 1. The predicted octanol–water partition coefficient (Wildman–Crippen LogP) is 1.27. The summed E-state index contributed by atoms with van der Waals surface area (Å²) in [5.74, 6) is -0.361. The molecule has 1 aromatic carbocycles. The Morgan fingerprint density at radius 2 is 1.89 bits per heavy atom. The molecule has 0 aromatic heterocycles. The van der Waals surface area contributed by atoms with Gasteiger partial charge in [-0.05, 0) is 37.3 Å². The summed E-state index contributed by atoms with van der Waals surface area (Å²) in [6, 6.07) is 8.47. The van der Waals surface area contributed by atoms with Crippen LogP contribution in [0.3, 0.4) is 0 Å². The van der Waals surface area contributed by atoms with Gasteiger partial charge < -0.3 is 10.8 Å². The number of rotatable bonds is 3. The first-order chi connectivity index (χ1) is 9.15. The van der Waals surface area contributed by atoms with Crippen LogP contribution in [-0.4, -0.2) is 34.1 Å². The Balaban J connectivity index is 1.81. The van der Waals surface area contributed by atoms with Crippen LogP contribution >= 0.6 is 0 Å². The van der Waals surface area contributed by atoms with Gasteiger partial charge in [0, 0.05) is 24.2 Å². The molecule has 2 aliphatic rings. The molecule has 19 heavy (non-hydrogen) atoms. The molecule has 3 N–H and O–H groups in total. The van der Waals surface area contributed by atoms with Gasteiger partial charge in [0.25, 0.3) is 0 Å². The lowest BCUT2D eigenvalue weighted by Gasteiger charge is -2.37. The highest BCUT2D eigenvalue weighted by Crippen LogP contribution is 2.37. The van der Waals surface area contributed by atoms with Crippen LogP contribution in [0.1, 0.15) is 41.6 Å². The third-order valence-electron chi connectivity index (χ3n) is 4.50. The second-order valence-corrected chi connectivity index (χ2v) is 5.70. The highest BCUT2D eigenvalue weighted by Gasteiger charge is 2.40. The smallest absolute Gasteiger partial charge is 0.249 e. The standard InChI is InChI=1S/C15H20N2O2/c16-15(19)14-4-2-1-3-10(14)9-17-11-5-6-12(17)8-13(18)7-11/h1-4,11-13,18H,5-9H2,(H2,16,19). The number of primary amides is 1. The van der Waals surface area contributed by atoms with Crippen molar-refractivity contribution in [3.8, 4) is 0 Å². The maximum absolute atomic E-state index is 11.5. The van der Waals surface area contributed by atoms with E-state index in [1.165, 1.54) is 0 Å². The number of aliphatic hydroxyl groups is 1. The Bertz CT molecular complexity index is 475. The fraction of sp³-hybridized carbons (Fsp3) is 0.533. The van der Waals surface area contributed by atoms with Crippen molar-refractivity contribution in [2.75, 3.05) is 0 Å². The maximum atomic E-state index is 11.5. The molecule has 0 saturated carbocycles. The lowest BCUT2D eigenvalue weighted by molar-refractivity contribution is 0.0308. The molecular weight excluding hydrogens is 240 g/mol. The van der Waals surface area contributed by atoms with Gasteiger partial charge in [0.1, 0.15) is 0 Å². The zero-order chi connectivity index (χ0) is 13.4. The van der Waals surface area contributed by atoms with Gasteiger partial charge in [0.15, 0.2) is 0 Å². The Hall–Kier alpha value is -1.39. The minimum atomic E-state index is -0.361. The van der Waals surface area contributed by atoms with Gasteiger partial charge in [-0.15, -0.1) is 0 Å². The van der Waals surface area contributed by atoms with Crippen LogP contribution in [0.5, 0.6) is 0 Å². The van der Waals surface area contributed by atoms with Crippen molar-refractivity contribution in [3.05, 3.63) is 35.4 Å². The van der Waals surface area contributed by atoms with Crippen LogP contribution < -0.4 is 5.73 Å². The molecule has 4 nitrogen and oxygen atoms in total. The summed E-state index contributed by atoms with van der Waals surface area (Å²) in [5, 5.41) is 9.82. The fourth-order valence-electron chi connectivity index (χ4n) is 3.60. The molecule has 1 amide bonds. The Kier molecular flexibility index (Phi) is 3.29. The predicted molar refractivity (Wildman–Crippen MR) is 72.6 cm³/mol. The number of amides is 1. The summed E-state index contributed by atoms with van der Waals surface area (Å²) in [4.78, 5) is 13.9. The van der Waals surface area contributed by atoms with Gasteiger partial charge in [-0.3, -0.25) is 9.69 Å². The lowest BCUT2D eigenvalue weighted by Crippen LogP contribution is -2.44. The normalized spacial score (nSPS) is 30.5. The quantitative estimate of drug-likeness (QED) is 0.860. The average molecular weight is 260 g/mol. The van der Waals surface area contributed by atoms with Crippen molar-refractivity contribution in [3.63, 3.8) is 0 Å². The minimum Gasteiger partial charge on any atom is -0.393 e. The molecule has 3 rings (SSSR count). The summed E-state index contributed by atoms with van der Waals surface area (Å²) in [5.41, 5.74) is 7.05. The molecule has 2 bridgehead atoms. The van der Waals surface area contributed by atoms with E-state index < -0.39 is 0 Å². The fourth-order valence-corrected chi connectivity index (χ4v) is 3.60. The molecule has 2 atom stereocenters. The number of fused-ring (bicyclic) bond motifs is 2. The molecular formula is C15H20N2O2. The van der Waals surface area contributed by atoms with Gasteiger partial charge in [-0.2, -0.15) is 0 Å². The van der Waals surface area contributed by atoms with Gasteiger partial charge in [0.05, 0.1) is 6.10 Å². The summed E-state index contributed by atoms with van der Waals surface area (Å²) in [6.45, 7) is 0.765. The van der Waals surface area contributed by atoms with Crippen molar-refractivity contribution in [2.24, 2.45) is 5.73 Å². The summed E-state index contributed by atoms with van der Waals surface area (Å²) in [6.07, 6.45) is 3.87. The Labute approximate surface area is 113 Å². The summed E-state index contributed by atoms with van der Waals surface area (Å²) >= 11 is 0. The molecule has 102 valence electrons. The lowest BCUT2D eigenvalue weighted by atomic mass is 9.98. The van der Waals surface area contributed by atoms with E-state index in [1.54, 1.807) is 6.07 Å². The van der Waals surface area contributed by atoms with Crippen LogP contribution in [0.2, 0.25) is 0 Å². The van der Waals surface area contributed by atoms with Crippen molar-refractivity contribution in [1.29, 1.82) is 0 Å². The number of hydrogen-bond acceptors (Lipinski definition) is 3. The molecule has 0 radical (unpaired) electrons. The van der Waals surface area contributed by atoms with Crippen LogP contribution in [0.15, 0.2) is 24.3 Å². The monoisotopic (exact) mass is 260 g/mol. The van der Waals surface area contributed by atoms with Crippen molar-refractivity contribution in [1.82, 2.24) is 4.90 Å². The topological polar surface area (TPSA) is 66.6 Å². The van der Waals surface area contributed by atoms with E-state index in [4.69, 9.17) is 5.73 Å². The van der Waals surface area contributed by atoms with E-state index >= 15 is 0 Å². The number of nitrogens with zero attached hydrogens (tertiary/aromatic N) is 1. The second-order valence-electron chi connectivity index (χ2n) is 5.70. The largest absolute Gasteiger partial charge is 0.393 e. The molecule has 2 unspecified atom stereocenters. The number of hydrogen-bond donors (Lipinski definition) is 2. The summed E-state index contributed by atoms with van der Waals surface area (Å²) in [7, 11) is 0. The SMILES string of the molecule is NC(=O)c1ccccc1CN1C2CCC1CC(O)C2.